The predicted molar refractivity (Wildman–Crippen MR) is 55.9 cm³/mol. The van der Waals surface area contributed by atoms with E-state index < -0.39 is 11.6 Å². The van der Waals surface area contributed by atoms with Crippen LogP contribution in [0.3, 0.4) is 0 Å². The molecule has 1 aromatic carbocycles. The topological polar surface area (TPSA) is 40.7 Å². The number of hydrogen-bond acceptors (Lipinski definition) is 2. The fourth-order valence-electron chi connectivity index (χ4n) is 1.11. The first-order valence-electron chi connectivity index (χ1n) is 4.08. The van der Waals surface area contributed by atoms with Crippen LogP contribution in [0.1, 0.15) is 0 Å². The minimum Gasteiger partial charge on any atom is -0.331 e. The highest BCUT2D eigenvalue weighted by atomic mass is 79.9. The molecule has 0 atom stereocenters. The number of anilines is 2. The Balaban J connectivity index is 2.36. The molecule has 0 spiro atoms. The second-order valence-electron chi connectivity index (χ2n) is 2.81. The summed E-state index contributed by atoms with van der Waals surface area (Å²) in [5.74, 6) is -1.08. The molecule has 0 saturated heterocycles. The van der Waals surface area contributed by atoms with Crippen LogP contribution in [0.15, 0.2) is 29.0 Å². The molecule has 1 aromatic heterocycles. The first kappa shape index (κ1) is 10.1. The van der Waals surface area contributed by atoms with Gasteiger partial charge in [0.25, 0.3) is 0 Å². The number of nitrogens with zero attached hydrogens (tertiary/aromatic N) is 1. The van der Waals surface area contributed by atoms with Crippen molar-refractivity contribution in [3.8, 4) is 0 Å². The third kappa shape index (κ3) is 2.15. The Hall–Kier alpha value is -1.43. The Labute approximate surface area is 92.7 Å². The summed E-state index contributed by atoms with van der Waals surface area (Å²) in [4.78, 5) is 6.49. The zero-order chi connectivity index (χ0) is 10.8. The van der Waals surface area contributed by atoms with Crippen LogP contribution < -0.4 is 5.32 Å². The quantitative estimate of drug-likeness (QED) is 0.882. The molecular formula is C9H6BrF2N3. The number of nitrogens with one attached hydrogen (secondary N) is 2. The van der Waals surface area contributed by atoms with Gasteiger partial charge in [0.2, 0.25) is 5.95 Å². The van der Waals surface area contributed by atoms with Crippen LogP contribution in [0.2, 0.25) is 0 Å². The Kier molecular flexibility index (Phi) is 2.68. The molecule has 15 heavy (non-hydrogen) atoms. The van der Waals surface area contributed by atoms with Crippen molar-refractivity contribution in [2.24, 2.45) is 0 Å². The summed E-state index contributed by atoms with van der Waals surface area (Å²) in [7, 11) is 0. The first-order valence-corrected chi connectivity index (χ1v) is 4.87. The van der Waals surface area contributed by atoms with Crippen LogP contribution in [0.5, 0.6) is 0 Å². The third-order valence-electron chi connectivity index (χ3n) is 1.75. The molecule has 78 valence electrons. The number of hydrogen-bond donors (Lipinski definition) is 2. The number of benzene rings is 1. The normalized spacial score (nSPS) is 10.3. The first-order chi connectivity index (χ1) is 7.16. The highest BCUT2D eigenvalue weighted by Gasteiger charge is 2.11. The number of H-pyrrole nitrogens is 1. The molecule has 6 heteroatoms. The van der Waals surface area contributed by atoms with Gasteiger partial charge >= 0.3 is 0 Å². The molecule has 0 aliphatic heterocycles. The van der Waals surface area contributed by atoms with Gasteiger partial charge < -0.3 is 10.3 Å². The van der Waals surface area contributed by atoms with Crippen LogP contribution in [-0.2, 0) is 0 Å². The van der Waals surface area contributed by atoms with E-state index in [-0.39, 0.29) is 11.6 Å². The van der Waals surface area contributed by atoms with E-state index in [2.05, 4.69) is 31.2 Å². The van der Waals surface area contributed by atoms with Crippen molar-refractivity contribution in [2.75, 3.05) is 5.32 Å². The van der Waals surface area contributed by atoms with Gasteiger partial charge in [-0.25, -0.2) is 13.8 Å². The molecule has 2 aromatic rings. The van der Waals surface area contributed by atoms with Crippen LogP contribution in [0, 0.1) is 11.6 Å². The molecule has 2 N–H and O–H groups in total. The van der Waals surface area contributed by atoms with E-state index in [9.17, 15) is 8.78 Å². The van der Waals surface area contributed by atoms with Gasteiger partial charge in [0, 0.05) is 16.9 Å². The van der Waals surface area contributed by atoms with Crippen molar-refractivity contribution >= 4 is 27.6 Å². The molecule has 2 rings (SSSR count). The van der Waals surface area contributed by atoms with Gasteiger partial charge in [0.05, 0.1) is 0 Å². The molecular weight excluding hydrogens is 268 g/mol. The predicted octanol–water partition coefficient (Wildman–Crippen LogP) is 3.19. The van der Waals surface area contributed by atoms with Gasteiger partial charge in [0.15, 0.2) is 11.6 Å². The maximum absolute atomic E-state index is 13.3. The minimum atomic E-state index is -0.682. The van der Waals surface area contributed by atoms with Gasteiger partial charge in [0.1, 0.15) is 5.69 Å². The molecule has 3 nitrogen and oxygen atoms in total. The molecule has 1 heterocycles. The standard InChI is InChI=1S/C9H6BrF2N3/c10-5-3-6(11)8(7(12)4-5)15-9-13-1-2-14-9/h1-4H,(H2,13,14,15). The third-order valence-corrected chi connectivity index (χ3v) is 2.21. The lowest BCUT2D eigenvalue weighted by atomic mass is 10.3. The fourth-order valence-corrected chi connectivity index (χ4v) is 1.52. The van der Waals surface area contributed by atoms with E-state index >= 15 is 0 Å². The fraction of sp³-hybridized carbons (Fsp3) is 0. The number of halogens is 3. The number of aromatic amines is 1. The Bertz CT molecular complexity index is 447. The monoisotopic (exact) mass is 273 g/mol. The molecule has 0 amide bonds. The average molecular weight is 274 g/mol. The van der Waals surface area contributed by atoms with Crippen molar-refractivity contribution in [3.63, 3.8) is 0 Å². The highest BCUT2D eigenvalue weighted by molar-refractivity contribution is 9.10. The Morgan fingerprint density at radius 1 is 1.27 bits per heavy atom. The summed E-state index contributed by atoms with van der Waals surface area (Å²) in [6.45, 7) is 0. The van der Waals surface area contributed by atoms with Gasteiger partial charge in [-0.1, -0.05) is 15.9 Å². The van der Waals surface area contributed by atoms with Gasteiger partial charge in [-0.05, 0) is 12.1 Å². The van der Waals surface area contributed by atoms with E-state index in [0.717, 1.165) is 0 Å². The van der Waals surface area contributed by atoms with E-state index in [1.807, 2.05) is 0 Å². The Morgan fingerprint density at radius 2 is 1.93 bits per heavy atom. The summed E-state index contributed by atoms with van der Waals surface area (Å²) in [5.41, 5.74) is -0.229. The van der Waals surface area contributed by atoms with Crippen molar-refractivity contribution < 1.29 is 8.78 Å². The maximum Gasteiger partial charge on any atom is 0.204 e. The largest absolute Gasteiger partial charge is 0.331 e. The summed E-state index contributed by atoms with van der Waals surface area (Å²) < 4.78 is 27.0. The van der Waals surface area contributed by atoms with Crippen molar-refractivity contribution in [3.05, 3.63) is 40.6 Å². The van der Waals surface area contributed by atoms with E-state index in [1.54, 1.807) is 6.20 Å². The summed E-state index contributed by atoms with van der Waals surface area (Å²) in [6, 6.07) is 2.35. The molecule has 0 bridgehead atoms. The zero-order valence-corrected chi connectivity index (χ0v) is 8.98. The van der Waals surface area contributed by atoms with Gasteiger partial charge in [-0.3, -0.25) is 0 Å². The van der Waals surface area contributed by atoms with Crippen LogP contribution >= 0.6 is 15.9 Å². The molecule has 0 aliphatic carbocycles. The second-order valence-corrected chi connectivity index (χ2v) is 3.72. The summed E-state index contributed by atoms with van der Waals surface area (Å²) in [6.07, 6.45) is 3.04. The molecule has 0 saturated carbocycles. The number of imidazole rings is 1. The molecule has 0 aliphatic rings. The van der Waals surface area contributed by atoms with Gasteiger partial charge in [-0.2, -0.15) is 0 Å². The van der Waals surface area contributed by atoms with Crippen molar-refractivity contribution in [1.82, 2.24) is 9.97 Å². The van der Waals surface area contributed by atoms with E-state index in [4.69, 9.17) is 0 Å². The van der Waals surface area contributed by atoms with Crippen LogP contribution in [0.4, 0.5) is 20.4 Å². The number of rotatable bonds is 2. The second kappa shape index (κ2) is 3.98. The van der Waals surface area contributed by atoms with E-state index in [1.165, 1.54) is 18.3 Å². The zero-order valence-electron chi connectivity index (χ0n) is 7.39. The van der Waals surface area contributed by atoms with Crippen LogP contribution in [-0.4, -0.2) is 9.97 Å². The summed E-state index contributed by atoms with van der Waals surface area (Å²) >= 11 is 2.99. The smallest absolute Gasteiger partial charge is 0.204 e. The van der Waals surface area contributed by atoms with Crippen LogP contribution in [0.25, 0.3) is 0 Å². The highest BCUT2D eigenvalue weighted by Crippen LogP contribution is 2.25. The summed E-state index contributed by atoms with van der Waals surface area (Å²) in [5, 5.41) is 2.51. The lowest BCUT2D eigenvalue weighted by Crippen LogP contribution is -1.98. The SMILES string of the molecule is Fc1cc(Br)cc(F)c1Nc1ncc[nH]1. The molecule has 0 unspecified atom stereocenters. The lowest BCUT2D eigenvalue weighted by Gasteiger charge is -2.06. The van der Waals surface area contributed by atoms with Crippen molar-refractivity contribution in [1.29, 1.82) is 0 Å². The lowest BCUT2D eigenvalue weighted by molar-refractivity contribution is 0.589. The number of aromatic nitrogens is 2. The molecule has 0 fully saturated rings. The maximum atomic E-state index is 13.3. The van der Waals surface area contributed by atoms with E-state index in [0.29, 0.717) is 4.47 Å². The molecule has 0 radical (unpaired) electrons. The minimum absolute atomic E-state index is 0.229. The van der Waals surface area contributed by atoms with Crippen molar-refractivity contribution in [2.45, 2.75) is 0 Å². The van der Waals surface area contributed by atoms with Gasteiger partial charge in [-0.15, -0.1) is 0 Å². The Morgan fingerprint density at radius 3 is 2.47 bits per heavy atom. The average Bonchev–Trinajstić information content (AvgIpc) is 2.63.